The highest BCUT2D eigenvalue weighted by atomic mass is 35.5. The minimum absolute atomic E-state index is 0.143. The van der Waals surface area contributed by atoms with E-state index < -0.39 is 5.25 Å². The first kappa shape index (κ1) is 23.6. The molecule has 4 nitrogen and oxygen atoms in total. The van der Waals surface area contributed by atoms with E-state index >= 15 is 0 Å². The number of anilines is 2. The molecule has 4 aromatic carbocycles. The molecular formula is C28H23ClN2O2S. The van der Waals surface area contributed by atoms with Crippen LogP contribution in [0.3, 0.4) is 0 Å². The highest BCUT2D eigenvalue weighted by molar-refractivity contribution is 8.00. The Balaban J connectivity index is 1.49. The van der Waals surface area contributed by atoms with Gasteiger partial charge in [0.25, 0.3) is 5.91 Å². The van der Waals surface area contributed by atoms with Crippen LogP contribution in [0.4, 0.5) is 11.4 Å². The summed E-state index contributed by atoms with van der Waals surface area (Å²) in [5, 5.41) is 5.99. The molecule has 4 rings (SSSR count). The van der Waals surface area contributed by atoms with Gasteiger partial charge in [-0.15, -0.1) is 11.8 Å². The molecule has 1 unspecified atom stereocenters. The summed E-state index contributed by atoms with van der Waals surface area (Å²) in [6.07, 6.45) is 0. The molecule has 0 saturated heterocycles. The quantitative estimate of drug-likeness (QED) is 0.268. The molecule has 0 aliphatic rings. The molecule has 0 heterocycles. The number of hydrogen-bond donors (Lipinski definition) is 2. The Kier molecular flexibility index (Phi) is 7.68. The van der Waals surface area contributed by atoms with E-state index in [-0.39, 0.29) is 11.8 Å². The Morgan fingerprint density at radius 2 is 1.47 bits per heavy atom. The minimum atomic E-state index is -0.465. The largest absolute Gasteiger partial charge is 0.325 e. The summed E-state index contributed by atoms with van der Waals surface area (Å²) in [6, 6.07) is 31.7. The topological polar surface area (TPSA) is 58.2 Å². The number of aryl methyl sites for hydroxylation is 1. The molecule has 34 heavy (non-hydrogen) atoms. The van der Waals surface area contributed by atoms with Crippen molar-refractivity contribution in [2.45, 2.75) is 17.1 Å². The van der Waals surface area contributed by atoms with Crippen LogP contribution < -0.4 is 10.6 Å². The van der Waals surface area contributed by atoms with Crippen molar-refractivity contribution in [3.05, 3.63) is 125 Å². The van der Waals surface area contributed by atoms with E-state index in [1.165, 1.54) is 11.8 Å². The molecule has 170 valence electrons. The molecule has 0 spiro atoms. The van der Waals surface area contributed by atoms with Crippen molar-refractivity contribution in [2.75, 3.05) is 10.6 Å². The van der Waals surface area contributed by atoms with Gasteiger partial charge in [0, 0.05) is 26.9 Å². The van der Waals surface area contributed by atoms with Crippen LogP contribution in [-0.4, -0.2) is 11.8 Å². The van der Waals surface area contributed by atoms with Crippen molar-refractivity contribution < 1.29 is 9.59 Å². The summed E-state index contributed by atoms with van der Waals surface area (Å²) >= 11 is 7.51. The standard InChI is InChI=1S/C28H23ClN2O2S/c1-19-8-5-6-13-25(19)27(32)30-22-14-16-24(17-15-22)34-26(20-9-3-2-4-10-20)28(33)31-23-12-7-11-21(29)18-23/h2-18,26H,1H3,(H,30,32)(H,31,33). The third-order valence-electron chi connectivity index (χ3n) is 5.19. The number of nitrogens with one attached hydrogen (secondary N) is 2. The fourth-order valence-corrected chi connectivity index (χ4v) is 4.67. The van der Waals surface area contributed by atoms with Crippen LogP contribution in [0.5, 0.6) is 0 Å². The molecule has 2 amide bonds. The first-order chi connectivity index (χ1) is 16.5. The molecule has 0 radical (unpaired) electrons. The number of carbonyl (C=O) groups excluding carboxylic acids is 2. The zero-order valence-corrected chi connectivity index (χ0v) is 20.1. The maximum absolute atomic E-state index is 13.2. The summed E-state index contributed by atoms with van der Waals surface area (Å²) in [5.41, 5.74) is 3.79. The van der Waals surface area contributed by atoms with Crippen LogP contribution in [0.25, 0.3) is 0 Å². The molecule has 0 aliphatic heterocycles. The molecular weight excluding hydrogens is 464 g/mol. The first-order valence-corrected chi connectivity index (χ1v) is 12.0. The number of benzene rings is 4. The molecule has 0 bridgehead atoms. The van der Waals surface area contributed by atoms with Gasteiger partial charge in [-0.25, -0.2) is 0 Å². The Morgan fingerprint density at radius 3 is 2.18 bits per heavy atom. The lowest BCUT2D eigenvalue weighted by atomic mass is 10.1. The molecule has 0 aliphatic carbocycles. The fraction of sp³-hybridized carbons (Fsp3) is 0.0714. The zero-order chi connectivity index (χ0) is 23.9. The van der Waals surface area contributed by atoms with Crippen LogP contribution in [0.1, 0.15) is 26.7 Å². The number of carbonyl (C=O) groups is 2. The summed E-state index contributed by atoms with van der Waals surface area (Å²) in [6.45, 7) is 1.91. The molecule has 6 heteroatoms. The first-order valence-electron chi connectivity index (χ1n) is 10.7. The van der Waals surface area contributed by atoms with Gasteiger partial charge in [-0.3, -0.25) is 9.59 Å². The number of amides is 2. The maximum Gasteiger partial charge on any atom is 0.255 e. The Bertz CT molecular complexity index is 1290. The van der Waals surface area contributed by atoms with E-state index in [2.05, 4.69) is 10.6 Å². The lowest BCUT2D eigenvalue weighted by Gasteiger charge is -2.17. The van der Waals surface area contributed by atoms with E-state index in [0.717, 1.165) is 16.0 Å². The minimum Gasteiger partial charge on any atom is -0.325 e. The Labute approximate surface area is 208 Å². The molecule has 0 fully saturated rings. The van der Waals surface area contributed by atoms with Gasteiger partial charge in [-0.2, -0.15) is 0 Å². The smallest absolute Gasteiger partial charge is 0.255 e. The van der Waals surface area contributed by atoms with Gasteiger partial charge in [0.15, 0.2) is 0 Å². The van der Waals surface area contributed by atoms with E-state index in [0.29, 0.717) is 22.0 Å². The molecule has 0 aromatic heterocycles. The van der Waals surface area contributed by atoms with Gasteiger partial charge in [0.05, 0.1) is 0 Å². The molecule has 2 N–H and O–H groups in total. The highest BCUT2D eigenvalue weighted by Crippen LogP contribution is 2.37. The summed E-state index contributed by atoms with van der Waals surface area (Å²) in [7, 11) is 0. The molecule has 4 aromatic rings. The second-order valence-corrected chi connectivity index (χ2v) is 9.32. The number of rotatable bonds is 7. The van der Waals surface area contributed by atoms with Gasteiger partial charge in [0.2, 0.25) is 5.91 Å². The van der Waals surface area contributed by atoms with Gasteiger partial charge in [-0.1, -0.05) is 66.2 Å². The predicted molar refractivity (Wildman–Crippen MR) is 141 cm³/mol. The Morgan fingerprint density at radius 1 is 0.765 bits per heavy atom. The van der Waals surface area contributed by atoms with Crippen molar-refractivity contribution in [1.82, 2.24) is 0 Å². The summed E-state index contributed by atoms with van der Waals surface area (Å²) in [4.78, 5) is 26.7. The van der Waals surface area contributed by atoms with Crippen molar-refractivity contribution in [1.29, 1.82) is 0 Å². The summed E-state index contributed by atoms with van der Waals surface area (Å²) in [5.74, 6) is -0.294. The van der Waals surface area contributed by atoms with Crippen LogP contribution in [-0.2, 0) is 4.79 Å². The van der Waals surface area contributed by atoms with Crippen molar-refractivity contribution in [3.8, 4) is 0 Å². The summed E-state index contributed by atoms with van der Waals surface area (Å²) < 4.78 is 0. The van der Waals surface area contributed by atoms with Gasteiger partial charge < -0.3 is 10.6 Å². The SMILES string of the molecule is Cc1ccccc1C(=O)Nc1ccc(SC(C(=O)Nc2cccc(Cl)c2)c2ccccc2)cc1. The van der Waals surface area contributed by atoms with E-state index in [1.54, 1.807) is 24.3 Å². The van der Waals surface area contributed by atoms with Gasteiger partial charge in [0.1, 0.15) is 5.25 Å². The predicted octanol–water partition coefficient (Wildman–Crippen LogP) is 7.37. The Hall–Kier alpha value is -3.54. The van der Waals surface area contributed by atoms with E-state index in [1.807, 2.05) is 85.8 Å². The fourth-order valence-electron chi connectivity index (χ4n) is 3.45. The lowest BCUT2D eigenvalue weighted by molar-refractivity contribution is -0.115. The average molecular weight is 487 g/mol. The van der Waals surface area contributed by atoms with Crippen molar-refractivity contribution in [3.63, 3.8) is 0 Å². The second-order valence-electron chi connectivity index (χ2n) is 7.70. The van der Waals surface area contributed by atoms with Crippen LogP contribution in [0.2, 0.25) is 5.02 Å². The third-order valence-corrected chi connectivity index (χ3v) is 6.69. The average Bonchev–Trinajstić information content (AvgIpc) is 2.84. The van der Waals surface area contributed by atoms with Crippen LogP contribution >= 0.6 is 23.4 Å². The van der Waals surface area contributed by atoms with Gasteiger partial charge in [-0.05, 0) is 66.6 Å². The monoisotopic (exact) mass is 486 g/mol. The normalized spacial score (nSPS) is 11.5. The van der Waals surface area contributed by atoms with Crippen LogP contribution in [0.15, 0.2) is 108 Å². The third kappa shape index (κ3) is 6.07. The van der Waals surface area contributed by atoms with Gasteiger partial charge >= 0.3 is 0 Å². The van der Waals surface area contributed by atoms with E-state index in [4.69, 9.17) is 11.6 Å². The number of thioether (sulfide) groups is 1. The number of halogens is 1. The molecule has 0 saturated carbocycles. The lowest BCUT2D eigenvalue weighted by Crippen LogP contribution is -2.19. The van der Waals surface area contributed by atoms with Crippen molar-refractivity contribution in [2.24, 2.45) is 0 Å². The number of hydrogen-bond acceptors (Lipinski definition) is 3. The van der Waals surface area contributed by atoms with Crippen molar-refractivity contribution >= 4 is 46.6 Å². The maximum atomic E-state index is 13.2. The molecule has 1 atom stereocenters. The van der Waals surface area contributed by atoms with Crippen LogP contribution in [0, 0.1) is 6.92 Å². The zero-order valence-electron chi connectivity index (χ0n) is 18.5. The highest BCUT2D eigenvalue weighted by Gasteiger charge is 2.22. The second kappa shape index (κ2) is 11.1. The van der Waals surface area contributed by atoms with E-state index in [9.17, 15) is 9.59 Å².